The summed E-state index contributed by atoms with van der Waals surface area (Å²) in [6.07, 6.45) is 1.91. The van der Waals surface area contributed by atoms with E-state index < -0.39 is 0 Å². The van der Waals surface area contributed by atoms with Gasteiger partial charge in [-0.25, -0.2) is 4.52 Å². The first-order valence-electron chi connectivity index (χ1n) is 6.26. The van der Waals surface area contributed by atoms with E-state index in [9.17, 15) is 0 Å². The highest BCUT2D eigenvalue weighted by Gasteiger charge is 2.27. The van der Waals surface area contributed by atoms with Crippen molar-refractivity contribution in [1.82, 2.24) is 14.6 Å². The first kappa shape index (κ1) is 12.8. The summed E-state index contributed by atoms with van der Waals surface area (Å²) in [7, 11) is 0. The van der Waals surface area contributed by atoms with Crippen LogP contribution >= 0.6 is 0 Å². The van der Waals surface area contributed by atoms with Crippen molar-refractivity contribution in [2.24, 2.45) is 11.7 Å². The standard InChI is InChI=1S/C13H21N5/c1-9(2)13(4,8-14)16-12-15-11-7-10(3)5-6-18(11)17-12/h5-7,9H,8,14H2,1-4H3,(H,16,17). The molecule has 1 atom stereocenters. The molecule has 2 aromatic heterocycles. The molecule has 5 nitrogen and oxygen atoms in total. The van der Waals surface area contributed by atoms with Gasteiger partial charge in [0.25, 0.3) is 0 Å². The zero-order valence-electron chi connectivity index (χ0n) is 11.4. The van der Waals surface area contributed by atoms with Gasteiger partial charge >= 0.3 is 0 Å². The lowest BCUT2D eigenvalue weighted by molar-refractivity contribution is 0.380. The SMILES string of the molecule is Cc1ccn2nc(NC(C)(CN)C(C)C)nc2c1. The van der Waals surface area contributed by atoms with E-state index in [0.29, 0.717) is 18.4 Å². The molecule has 0 aromatic carbocycles. The summed E-state index contributed by atoms with van der Waals surface area (Å²) >= 11 is 0. The van der Waals surface area contributed by atoms with E-state index in [0.717, 1.165) is 5.65 Å². The van der Waals surface area contributed by atoms with Gasteiger partial charge in [0.05, 0.1) is 5.54 Å². The van der Waals surface area contributed by atoms with Crippen molar-refractivity contribution >= 4 is 11.6 Å². The smallest absolute Gasteiger partial charge is 0.243 e. The largest absolute Gasteiger partial charge is 0.346 e. The summed E-state index contributed by atoms with van der Waals surface area (Å²) in [5.74, 6) is 1.03. The Morgan fingerprint density at radius 2 is 2.22 bits per heavy atom. The normalized spacial score (nSPS) is 15.0. The average molecular weight is 247 g/mol. The molecule has 2 aromatic rings. The number of hydrogen-bond acceptors (Lipinski definition) is 4. The lowest BCUT2D eigenvalue weighted by atomic mass is 9.89. The molecule has 0 saturated carbocycles. The lowest BCUT2D eigenvalue weighted by Crippen LogP contribution is -2.47. The summed E-state index contributed by atoms with van der Waals surface area (Å²) in [5.41, 5.74) is 7.68. The number of nitrogens with zero attached hydrogens (tertiary/aromatic N) is 3. The van der Waals surface area contributed by atoms with Gasteiger partial charge in [-0.3, -0.25) is 0 Å². The molecule has 0 bridgehead atoms. The number of hydrogen-bond donors (Lipinski definition) is 2. The summed E-state index contributed by atoms with van der Waals surface area (Å²) in [5, 5.41) is 7.75. The summed E-state index contributed by atoms with van der Waals surface area (Å²) in [6.45, 7) is 8.95. The second-order valence-corrected chi connectivity index (χ2v) is 5.34. The third-order valence-corrected chi connectivity index (χ3v) is 3.59. The molecule has 0 aliphatic rings. The van der Waals surface area contributed by atoms with Crippen LogP contribution < -0.4 is 11.1 Å². The molecule has 0 radical (unpaired) electrons. The number of aromatic nitrogens is 3. The van der Waals surface area contributed by atoms with Gasteiger partial charge in [0.15, 0.2) is 5.65 Å². The lowest BCUT2D eigenvalue weighted by Gasteiger charge is -2.32. The van der Waals surface area contributed by atoms with Gasteiger partial charge in [0, 0.05) is 12.7 Å². The molecule has 0 spiro atoms. The van der Waals surface area contributed by atoms with E-state index in [-0.39, 0.29) is 5.54 Å². The van der Waals surface area contributed by atoms with E-state index in [1.165, 1.54) is 5.56 Å². The molecular weight excluding hydrogens is 226 g/mol. The van der Waals surface area contributed by atoms with Crippen LogP contribution in [0.5, 0.6) is 0 Å². The van der Waals surface area contributed by atoms with Crippen LogP contribution in [0.2, 0.25) is 0 Å². The Hall–Kier alpha value is -1.62. The third-order valence-electron chi connectivity index (χ3n) is 3.59. The molecule has 5 heteroatoms. The molecule has 0 amide bonds. The summed E-state index contributed by atoms with van der Waals surface area (Å²) < 4.78 is 1.77. The van der Waals surface area contributed by atoms with Crippen LogP contribution in [0.1, 0.15) is 26.3 Å². The monoisotopic (exact) mass is 247 g/mol. The van der Waals surface area contributed by atoms with Gasteiger partial charge < -0.3 is 11.1 Å². The molecule has 2 heterocycles. The summed E-state index contributed by atoms with van der Waals surface area (Å²) in [4.78, 5) is 4.47. The highest BCUT2D eigenvalue weighted by Crippen LogP contribution is 2.20. The molecule has 0 aliphatic heterocycles. The van der Waals surface area contributed by atoms with Crippen LogP contribution in [-0.2, 0) is 0 Å². The number of rotatable bonds is 4. The molecule has 0 aliphatic carbocycles. The van der Waals surface area contributed by atoms with Crippen molar-refractivity contribution in [1.29, 1.82) is 0 Å². The fourth-order valence-electron chi connectivity index (χ4n) is 1.72. The number of nitrogens with one attached hydrogen (secondary N) is 1. The Bertz CT molecular complexity index is 545. The Balaban J connectivity index is 2.32. The van der Waals surface area contributed by atoms with Gasteiger partial charge in [0.1, 0.15) is 0 Å². The number of nitrogens with two attached hydrogens (primary N) is 1. The zero-order chi connectivity index (χ0) is 13.3. The zero-order valence-corrected chi connectivity index (χ0v) is 11.4. The van der Waals surface area contributed by atoms with Gasteiger partial charge in [-0.1, -0.05) is 13.8 Å². The van der Waals surface area contributed by atoms with Crippen LogP contribution in [0.3, 0.4) is 0 Å². The first-order chi connectivity index (χ1) is 8.44. The number of pyridine rings is 1. The maximum Gasteiger partial charge on any atom is 0.243 e. The van der Waals surface area contributed by atoms with Crippen molar-refractivity contribution in [2.45, 2.75) is 33.2 Å². The van der Waals surface area contributed by atoms with E-state index in [1.54, 1.807) is 4.52 Å². The topological polar surface area (TPSA) is 68.2 Å². The van der Waals surface area contributed by atoms with Gasteiger partial charge in [-0.15, -0.1) is 5.10 Å². The van der Waals surface area contributed by atoms with Gasteiger partial charge in [-0.2, -0.15) is 4.98 Å². The molecule has 3 N–H and O–H groups in total. The van der Waals surface area contributed by atoms with E-state index in [4.69, 9.17) is 5.73 Å². The van der Waals surface area contributed by atoms with Crippen molar-refractivity contribution in [3.63, 3.8) is 0 Å². The third kappa shape index (κ3) is 2.31. The van der Waals surface area contributed by atoms with Crippen molar-refractivity contribution in [3.8, 4) is 0 Å². The average Bonchev–Trinajstić information content (AvgIpc) is 2.69. The van der Waals surface area contributed by atoms with E-state index in [2.05, 4.69) is 36.2 Å². The molecule has 1 unspecified atom stereocenters. The van der Waals surface area contributed by atoms with Crippen LogP contribution in [0.15, 0.2) is 18.3 Å². The second kappa shape index (κ2) is 4.57. The highest BCUT2D eigenvalue weighted by atomic mass is 15.4. The molecule has 2 rings (SSSR count). The van der Waals surface area contributed by atoms with Crippen LogP contribution in [0, 0.1) is 12.8 Å². The number of fused-ring (bicyclic) bond motifs is 1. The molecule has 98 valence electrons. The highest BCUT2D eigenvalue weighted by molar-refractivity contribution is 5.46. The van der Waals surface area contributed by atoms with Crippen LogP contribution in [0.25, 0.3) is 5.65 Å². The minimum Gasteiger partial charge on any atom is -0.346 e. The fourth-order valence-corrected chi connectivity index (χ4v) is 1.72. The predicted molar refractivity (Wildman–Crippen MR) is 73.6 cm³/mol. The van der Waals surface area contributed by atoms with Gasteiger partial charge in [0.2, 0.25) is 5.95 Å². The second-order valence-electron chi connectivity index (χ2n) is 5.34. The van der Waals surface area contributed by atoms with Crippen molar-refractivity contribution < 1.29 is 0 Å². The first-order valence-corrected chi connectivity index (χ1v) is 6.26. The minimum absolute atomic E-state index is 0.194. The van der Waals surface area contributed by atoms with Gasteiger partial charge in [-0.05, 0) is 37.5 Å². The minimum atomic E-state index is -0.194. The van der Waals surface area contributed by atoms with E-state index >= 15 is 0 Å². The Morgan fingerprint density at radius 3 is 2.83 bits per heavy atom. The quantitative estimate of drug-likeness (QED) is 0.864. The van der Waals surface area contributed by atoms with Crippen LogP contribution in [-0.4, -0.2) is 26.7 Å². The summed E-state index contributed by atoms with van der Waals surface area (Å²) in [6, 6.07) is 4.02. The van der Waals surface area contributed by atoms with Crippen LogP contribution in [0.4, 0.5) is 5.95 Å². The molecule has 18 heavy (non-hydrogen) atoms. The number of aryl methyl sites for hydroxylation is 1. The Labute approximate surface area is 107 Å². The maximum atomic E-state index is 5.85. The van der Waals surface area contributed by atoms with Crippen molar-refractivity contribution in [3.05, 3.63) is 23.9 Å². The molecule has 0 fully saturated rings. The number of anilines is 1. The Kier molecular flexibility index (Phi) is 3.26. The van der Waals surface area contributed by atoms with Crippen molar-refractivity contribution in [2.75, 3.05) is 11.9 Å². The Morgan fingerprint density at radius 1 is 1.50 bits per heavy atom. The maximum absolute atomic E-state index is 5.85. The van der Waals surface area contributed by atoms with E-state index in [1.807, 2.05) is 25.3 Å². The molecular formula is C13H21N5. The molecule has 0 saturated heterocycles. The fraction of sp³-hybridized carbons (Fsp3) is 0.538. The predicted octanol–water partition coefficient (Wildman–Crippen LogP) is 1.82.